The SMILES string of the molecule is CN(C)CCc1c[nH]c2cccc(OC(=O)N3CCC4(CC3)COC4)c12. The van der Waals surface area contributed by atoms with Crippen molar-refractivity contribution in [2.75, 3.05) is 46.9 Å². The highest BCUT2D eigenvalue weighted by Crippen LogP contribution is 2.38. The fraction of sp³-hybridized carbons (Fsp3) is 0.550. The van der Waals surface area contributed by atoms with Crippen LogP contribution >= 0.6 is 0 Å². The third-order valence-electron chi connectivity index (χ3n) is 5.67. The lowest BCUT2D eigenvalue weighted by atomic mass is 9.77. The zero-order valence-corrected chi connectivity index (χ0v) is 15.6. The standard InChI is InChI=1S/C20H27N3O3/c1-22(2)9-6-15-12-21-16-4-3-5-17(18(15)16)26-19(24)23-10-7-20(8-11-23)13-25-14-20/h3-5,12,21H,6-11,13-14H2,1-2H3. The number of fused-ring (bicyclic) bond motifs is 1. The summed E-state index contributed by atoms with van der Waals surface area (Å²) in [6.45, 7) is 4.13. The monoisotopic (exact) mass is 357 g/mol. The summed E-state index contributed by atoms with van der Waals surface area (Å²) in [5.74, 6) is 0.648. The first-order chi connectivity index (χ1) is 12.6. The van der Waals surface area contributed by atoms with E-state index in [1.807, 2.05) is 29.3 Å². The second-order valence-corrected chi connectivity index (χ2v) is 7.89. The van der Waals surface area contributed by atoms with Crippen molar-refractivity contribution in [1.29, 1.82) is 0 Å². The molecule has 6 nitrogen and oxygen atoms in total. The highest BCUT2D eigenvalue weighted by atomic mass is 16.6. The number of likely N-dealkylation sites (N-methyl/N-ethyl adjacent to an activating group) is 1. The Morgan fingerprint density at radius 3 is 2.73 bits per heavy atom. The molecule has 1 N–H and O–H groups in total. The van der Waals surface area contributed by atoms with Crippen LogP contribution in [-0.4, -0.2) is 67.8 Å². The fourth-order valence-corrected chi connectivity index (χ4v) is 3.85. The molecule has 26 heavy (non-hydrogen) atoms. The number of likely N-dealkylation sites (tertiary alicyclic amines) is 1. The maximum absolute atomic E-state index is 12.7. The van der Waals surface area contributed by atoms with E-state index in [9.17, 15) is 4.79 Å². The molecule has 0 bridgehead atoms. The van der Waals surface area contributed by atoms with Gasteiger partial charge in [0.2, 0.25) is 0 Å². The normalized spacial score (nSPS) is 19.1. The van der Waals surface area contributed by atoms with Gasteiger partial charge in [-0.25, -0.2) is 4.79 Å². The van der Waals surface area contributed by atoms with Gasteiger partial charge >= 0.3 is 6.09 Å². The molecule has 0 aliphatic carbocycles. The maximum atomic E-state index is 12.7. The van der Waals surface area contributed by atoms with Gasteiger partial charge < -0.3 is 24.3 Å². The van der Waals surface area contributed by atoms with E-state index < -0.39 is 0 Å². The smallest absolute Gasteiger partial charge is 0.409 e. The Bertz CT molecular complexity index is 785. The third kappa shape index (κ3) is 3.31. The van der Waals surface area contributed by atoms with E-state index in [1.54, 1.807) is 0 Å². The number of nitrogens with one attached hydrogen (secondary N) is 1. The maximum Gasteiger partial charge on any atom is 0.415 e. The van der Waals surface area contributed by atoms with Crippen LogP contribution in [0.5, 0.6) is 5.75 Å². The lowest BCUT2D eigenvalue weighted by Gasteiger charge is -2.46. The molecule has 1 spiro atoms. The summed E-state index contributed by atoms with van der Waals surface area (Å²) >= 11 is 0. The van der Waals surface area contributed by atoms with Crippen LogP contribution in [0.3, 0.4) is 0 Å². The third-order valence-corrected chi connectivity index (χ3v) is 5.67. The molecule has 140 valence electrons. The van der Waals surface area contributed by atoms with Gasteiger partial charge in [0.15, 0.2) is 0 Å². The summed E-state index contributed by atoms with van der Waals surface area (Å²) < 4.78 is 11.2. The summed E-state index contributed by atoms with van der Waals surface area (Å²) in [5, 5.41) is 1.02. The molecule has 2 aliphatic rings. The van der Waals surface area contributed by atoms with Crippen molar-refractivity contribution in [1.82, 2.24) is 14.8 Å². The Labute approximate surface area is 154 Å². The number of carbonyl (C=O) groups excluding carboxylic acids is 1. The quantitative estimate of drug-likeness (QED) is 0.914. The lowest BCUT2D eigenvalue weighted by molar-refractivity contribution is -0.136. The number of carbonyl (C=O) groups is 1. The number of aromatic amines is 1. The van der Waals surface area contributed by atoms with Gasteiger partial charge in [0.25, 0.3) is 0 Å². The van der Waals surface area contributed by atoms with Gasteiger partial charge in [-0.1, -0.05) is 6.07 Å². The van der Waals surface area contributed by atoms with Crippen molar-refractivity contribution in [3.63, 3.8) is 0 Å². The van der Waals surface area contributed by atoms with E-state index in [0.717, 1.165) is 63.0 Å². The molecule has 3 heterocycles. The molecule has 0 atom stereocenters. The Morgan fingerprint density at radius 1 is 1.31 bits per heavy atom. The molecule has 6 heteroatoms. The van der Waals surface area contributed by atoms with E-state index in [-0.39, 0.29) is 6.09 Å². The number of H-pyrrole nitrogens is 1. The van der Waals surface area contributed by atoms with E-state index in [0.29, 0.717) is 11.2 Å². The van der Waals surface area contributed by atoms with Crippen LogP contribution in [0.2, 0.25) is 0 Å². The summed E-state index contributed by atoms with van der Waals surface area (Å²) in [7, 11) is 4.12. The van der Waals surface area contributed by atoms with Crippen molar-refractivity contribution in [3.05, 3.63) is 30.0 Å². The highest BCUT2D eigenvalue weighted by Gasteiger charge is 2.42. The van der Waals surface area contributed by atoms with Crippen molar-refractivity contribution < 1.29 is 14.3 Å². The summed E-state index contributed by atoms with van der Waals surface area (Å²) in [5.41, 5.74) is 2.51. The first kappa shape index (κ1) is 17.4. The average Bonchev–Trinajstić information content (AvgIpc) is 3.03. The molecular formula is C20H27N3O3. The number of rotatable bonds is 4. The number of piperidine rings is 1. The fourth-order valence-electron chi connectivity index (χ4n) is 3.85. The zero-order valence-electron chi connectivity index (χ0n) is 15.6. The van der Waals surface area contributed by atoms with Crippen molar-refractivity contribution in [2.24, 2.45) is 5.41 Å². The number of benzene rings is 1. The largest absolute Gasteiger partial charge is 0.415 e. The van der Waals surface area contributed by atoms with Crippen LogP contribution in [0.4, 0.5) is 4.79 Å². The molecule has 2 aromatic rings. The van der Waals surface area contributed by atoms with E-state index >= 15 is 0 Å². The molecule has 1 aromatic carbocycles. The molecule has 2 saturated heterocycles. The minimum absolute atomic E-state index is 0.243. The predicted octanol–water partition coefficient (Wildman–Crippen LogP) is 2.88. The van der Waals surface area contributed by atoms with Gasteiger partial charge in [0.1, 0.15) is 5.75 Å². The zero-order chi connectivity index (χ0) is 18.1. The lowest BCUT2D eigenvalue weighted by Crippen LogP contribution is -2.52. The van der Waals surface area contributed by atoms with Gasteiger partial charge in [-0.05, 0) is 51.1 Å². The second-order valence-electron chi connectivity index (χ2n) is 7.89. The second kappa shape index (κ2) is 6.93. The van der Waals surface area contributed by atoms with E-state index in [2.05, 4.69) is 24.0 Å². The van der Waals surface area contributed by atoms with Crippen molar-refractivity contribution in [3.8, 4) is 5.75 Å². The molecule has 1 amide bonds. The van der Waals surface area contributed by atoms with Gasteiger partial charge in [-0.3, -0.25) is 0 Å². The van der Waals surface area contributed by atoms with Crippen molar-refractivity contribution >= 4 is 17.0 Å². The number of nitrogens with zero attached hydrogens (tertiary/aromatic N) is 2. The Hall–Kier alpha value is -2.05. The molecule has 0 radical (unpaired) electrons. The summed E-state index contributed by atoms with van der Waals surface area (Å²) in [6, 6.07) is 5.83. The predicted molar refractivity (Wildman–Crippen MR) is 101 cm³/mol. The minimum atomic E-state index is -0.243. The number of hydrogen-bond donors (Lipinski definition) is 1. The number of ether oxygens (including phenoxy) is 2. The summed E-state index contributed by atoms with van der Waals surface area (Å²) in [6.07, 6.45) is 4.70. The Balaban J connectivity index is 1.47. The van der Waals surface area contributed by atoms with Crippen LogP contribution in [0.1, 0.15) is 18.4 Å². The Kier molecular flexibility index (Phi) is 4.63. The van der Waals surface area contributed by atoms with Crippen LogP contribution in [0.25, 0.3) is 10.9 Å². The topological polar surface area (TPSA) is 57.8 Å². The van der Waals surface area contributed by atoms with Crippen molar-refractivity contribution in [2.45, 2.75) is 19.3 Å². The van der Waals surface area contributed by atoms with Crippen LogP contribution in [-0.2, 0) is 11.2 Å². The van der Waals surface area contributed by atoms with Crippen LogP contribution < -0.4 is 4.74 Å². The molecule has 2 fully saturated rings. The average molecular weight is 357 g/mol. The first-order valence-corrected chi connectivity index (χ1v) is 9.35. The van der Waals surface area contributed by atoms with Gasteiger partial charge in [-0.15, -0.1) is 0 Å². The molecular weight excluding hydrogens is 330 g/mol. The summed E-state index contributed by atoms with van der Waals surface area (Å²) in [4.78, 5) is 20.0. The number of aromatic nitrogens is 1. The van der Waals surface area contributed by atoms with Gasteiger partial charge in [0, 0.05) is 42.1 Å². The molecule has 1 aromatic heterocycles. The number of amides is 1. The van der Waals surface area contributed by atoms with Crippen LogP contribution in [0.15, 0.2) is 24.4 Å². The van der Waals surface area contributed by atoms with Crippen LogP contribution in [0, 0.1) is 5.41 Å². The van der Waals surface area contributed by atoms with E-state index in [1.165, 1.54) is 5.56 Å². The van der Waals surface area contributed by atoms with E-state index in [4.69, 9.17) is 9.47 Å². The van der Waals surface area contributed by atoms with Gasteiger partial charge in [-0.2, -0.15) is 0 Å². The number of hydrogen-bond acceptors (Lipinski definition) is 4. The Morgan fingerprint density at radius 2 is 2.08 bits per heavy atom. The molecule has 4 rings (SSSR count). The first-order valence-electron chi connectivity index (χ1n) is 9.35. The minimum Gasteiger partial charge on any atom is -0.409 e. The molecule has 2 aliphatic heterocycles. The molecule has 0 unspecified atom stereocenters. The van der Waals surface area contributed by atoms with Gasteiger partial charge in [0.05, 0.1) is 13.2 Å². The highest BCUT2D eigenvalue weighted by molar-refractivity contribution is 5.91. The molecule has 0 saturated carbocycles.